The summed E-state index contributed by atoms with van der Waals surface area (Å²) in [5.41, 5.74) is 1.02. The van der Waals surface area contributed by atoms with E-state index in [2.05, 4.69) is 29.1 Å². The van der Waals surface area contributed by atoms with Crippen LogP contribution in [0.1, 0.15) is 38.3 Å². The van der Waals surface area contributed by atoms with Gasteiger partial charge in [0.15, 0.2) is 5.82 Å². The van der Waals surface area contributed by atoms with Gasteiger partial charge in [-0.05, 0) is 31.8 Å². The van der Waals surface area contributed by atoms with Crippen molar-refractivity contribution < 1.29 is 9.53 Å². The van der Waals surface area contributed by atoms with Gasteiger partial charge in [0, 0.05) is 5.92 Å². The molecule has 114 valence electrons. The summed E-state index contributed by atoms with van der Waals surface area (Å²) in [6, 6.07) is 0.0385. The lowest BCUT2D eigenvalue weighted by molar-refractivity contribution is 0.177. The lowest BCUT2D eigenvalue weighted by atomic mass is 9.95. The fourth-order valence-electron chi connectivity index (χ4n) is 2.97. The smallest absolute Gasteiger partial charge is 0.415 e. The van der Waals surface area contributed by atoms with Gasteiger partial charge < -0.3 is 10.1 Å². The maximum atomic E-state index is 11.9. The molecule has 1 aromatic heterocycles. The summed E-state index contributed by atoms with van der Waals surface area (Å²) in [6.45, 7) is 6.64. The average molecular weight is 290 g/mol. The second kappa shape index (κ2) is 5.97. The lowest BCUT2D eigenvalue weighted by Gasteiger charge is -2.24. The Balaban J connectivity index is 1.78. The first-order valence-corrected chi connectivity index (χ1v) is 7.65. The highest BCUT2D eigenvalue weighted by Gasteiger charge is 2.37. The summed E-state index contributed by atoms with van der Waals surface area (Å²) < 4.78 is 5.15. The minimum Gasteiger partial charge on any atom is -0.447 e. The third-order valence-electron chi connectivity index (χ3n) is 4.34. The predicted octanol–water partition coefficient (Wildman–Crippen LogP) is 1.92. The van der Waals surface area contributed by atoms with Crippen molar-refractivity contribution in [1.82, 2.24) is 15.3 Å². The number of cyclic esters (lactones) is 1. The van der Waals surface area contributed by atoms with Crippen molar-refractivity contribution in [1.29, 1.82) is 0 Å². The maximum absolute atomic E-state index is 11.9. The van der Waals surface area contributed by atoms with E-state index >= 15 is 0 Å². The monoisotopic (exact) mass is 290 g/mol. The SMILES string of the molecule is CC(C)[C@H]1COC(=O)N1c1cnc(C2CCNCC2)cn1. The summed E-state index contributed by atoms with van der Waals surface area (Å²) >= 11 is 0. The van der Waals surface area contributed by atoms with Crippen molar-refractivity contribution in [3.05, 3.63) is 18.1 Å². The van der Waals surface area contributed by atoms with Crippen LogP contribution in [0, 0.1) is 5.92 Å². The highest BCUT2D eigenvalue weighted by Crippen LogP contribution is 2.27. The summed E-state index contributed by atoms with van der Waals surface area (Å²) in [5.74, 6) is 1.38. The fraction of sp³-hybridized carbons (Fsp3) is 0.667. The third kappa shape index (κ3) is 2.85. The van der Waals surface area contributed by atoms with Crippen LogP contribution in [0.3, 0.4) is 0 Å². The number of nitrogens with zero attached hydrogens (tertiary/aromatic N) is 3. The van der Waals surface area contributed by atoms with Crippen LogP contribution in [-0.2, 0) is 4.74 Å². The number of hydrogen-bond acceptors (Lipinski definition) is 5. The van der Waals surface area contributed by atoms with Gasteiger partial charge in [0.2, 0.25) is 0 Å². The number of carbonyl (C=O) groups is 1. The zero-order valence-electron chi connectivity index (χ0n) is 12.6. The lowest BCUT2D eigenvalue weighted by Crippen LogP contribution is -2.37. The number of aromatic nitrogens is 2. The van der Waals surface area contributed by atoms with Gasteiger partial charge in [-0.2, -0.15) is 0 Å². The van der Waals surface area contributed by atoms with Crippen molar-refractivity contribution in [2.45, 2.75) is 38.6 Å². The molecule has 2 fully saturated rings. The molecular formula is C15H22N4O2. The van der Waals surface area contributed by atoms with Crippen LogP contribution >= 0.6 is 0 Å². The third-order valence-corrected chi connectivity index (χ3v) is 4.34. The zero-order chi connectivity index (χ0) is 14.8. The van der Waals surface area contributed by atoms with E-state index in [0.717, 1.165) is 31.6 Å². The molecule has 21 heavy (non-hydrogen) atoms. The summed E-state index contributed by atoms with van der Waals surface area (Å²) in [5, 5.41) is 3.35. The van der Waals surface area contributed by atoms with Crippen molar-refractivity contribution >= 4 is 11.9 Å². The number of anilines is 1. The van der Waals surface area contributed by atoms with Gasteiger partial charge in [0.05, 0.1) is 24.1 Å². The van der Waals surface area contributed by atoms with Crippen molar-refractivity contribution in [2.24, 2.45) is 5.92 Å². The van der Waals surface area contributed by atoms with Gasteiger partial charge in [0.1, 0.15) is 6.61 Å². The number of piperidine rings is 1. The fourth-order valence-corrected chi connectivity index (χ4v) is 2.97. The van der Waals surface area contributed by atoms with Crippen LogP contribution in [0.25, 0.3) is 0 Å². The van der Waals surface area contributed by atoms with Crippen LogP contribution in [0.2, 0.25) is 0 Å². The second-order valence-corrected chi connectivity index (χ2v) is 6.08. The first kappa shape index (κ1) is 14.3. The Morgan fingerprint density at radius 1 is 1.29 bits per heavy atom. The van der Waals surface area contributed by atoms with E-state index in [1.807, 2.05) is 6.20 Å². The molecule has 1 amide bonds. The van der Waals surface area contributed by atoms with Gasteiger partial charge >= 0.3 is 6.09 Å². The molecule has 0 aliphatic carbocycles. The minimum absolute atomic E-state index is 0.0385. The molecule has 0 spiro atoms. The van der Waals surface area contributed by atoms with Gasteiger partial charge in [-0.15, -0.1) is 0 Å². The van der Waals surface area contributed by atoms with Gasteiger partial charge in [-0.3, -0.25) is 9.88 Å². The van der Waals surface area contributed by atoms with E-state index in [9.17, 15) is 4.79 Å². The molecule has 0 saturated carbocycles. The molecule has 2 aliphatic rings. The molecule has 6 heteroatoms. The van der Waals surface area contributed by atoms with E-state index in [4.69, 9.17) is 4.74 Å². The Morgan fingerprint density at radius 3 is 2.67 bits per heavy atom. The van der Waals surface area contributed by atoms with Gasteiger partial charge in [-0.1, -0.05) is 13.8 Å². The molecule has 0 bridgehead atoms. The first-order chi connectivity index (χ1) is 10.2. The van der Waals surface area contributed by atoms with Crippen LogP contribution in [0.4, 0.5) is 10.6 Å². The standard InChI is InChI=1S/C15H22N4O2/c1-10(2)13-9-21-15(20)19(13)14-8-17-12(7-18-14)11-3-5-16-6-4-11/h7-8,10-11,13,16H,3-6,9H2,1-2H3/t13-/m1/s1. The topological polar surface area (TPSA) is 67.3 Å². The molecule has 6 nitrogen and oxygen atoms in total. The number of hydrogen-bond donors (Lipinski definition) is 1. The van der Waals surface area contributed by atoms with Crippen molar-refractivity contribution in [3.8, 4) is 0 Å². The van der Waals surface area contributed by atoms with Crippen LogP contribution in [-0.4, -0.2) is 41.8 Å². The van der Waals surface area contributed by atoms with Gasteiger partial charge in [-0.25, -0.2) is 9.78 Å². The van der Waals surface area contributed by atoms with Crippen LogP contribution < -0.4 is 10.2 Å². The van der Waals surface area contributed by atoms with E-state index in [1.165, 1.54) is 0 Å². The van der Waals surface area contributed by atoms with E-state index in [1.54, 1.807) is 11.1 Å². The zero-order valence-corrected chi connectivity index (χ0v) is 12.6. The molecule has 0 aromatic carbocycles. The highest BCUT2D eigenvalue weighted by molar-refractivity contribution is 5.88. The summed E-state index contributed by atoms with van der Waals surface area (Å²) in [4.78, 5) is 22.5. The van der Waals surface area contributed by atoms with Crippen LogP contribution in [0.15, 0.2) is 12.4 Å². The molecule has 1 atom stereocenters. The van der Waals surface area contributed by atoms with E-state index < -0.39 is 0 Å². The Bertz CT molecular complexity index is 497. The Hall–Kier alpha value is -1.69. The largest absolute Gasteiger partial charge is 0.447 e. The molecule has 1 N–H and O–H groups in total. The molecule has 3 rings (SSSR count). The molecular weight excluding hydrogens is 268 g/mol. The average Bonchev–Trinajstić information content (AvgIpc) is 2.90. The summed E-state index contributed by atoms with van der Waals surface area (Å²) in [6.07, 6.45) is 5.38. The molecule has 2 saturated heterocycles. The van der Waals surface area contributed by atoms with Crippen molar-refractivity contribution in [2.75, 3.05) is 24.6 Å². The number of nitrogens with one attached hydrogen (secondary N) is 1. The van der Waals surface area contributed by atoms with Crippen LogP contribution in [0.5, 0.6) is 0 Å². The number of amides is 1. The Morgan fingerprint density at radius 2 is 2.05 bits per heavy atom. The van der Waals surface area contributed by atoms with E-state index in [0.29, 0.717) is 24.3 Å². The highest BCUT2D eigenvalue weighted by atomic mass is 16.6. The minimum atomic E-state index is -0.322. The normalized spacial score (nSPS) is 23.7. The molecule has 1 aromatic rings. The molecule has 2 aliphatic heterocycles. The molecule has 0 unspecified atom stereocenters. The second-order valence-electron chi connectivity index (χ2n) is 6.08. The Kier molecular flexibility index (Phi) is 4.05. The number of rotatable bonds is 3. The van der Waals surface area contributed by atoms with Gasteiger partial charge in [0.25, 0.3) is 0 Å². The number of carbonyl (C=O) groups excluding carboxylic acids is 1. The quantitative estimate of drug-likeness (QED) is 0.921. The van der Waals surface area contributed by atoms with E-state index in [-0.39, 0.29) is 12.1 Å². The Labute approximate surface area is 124 Å². The summed E-state index contributed by atoms with van der Waals surface area (Å²) in [7, 11) is 0. The first-order valence-electron chi connectivity index (χ1n) is 7.65. The molecule has 3 heterocycles. The van der Waals surface area contributed by atoms with Crippen molar-refractivity contribution in [3.63, 3.8) is 0 Å². The molecule has 0 radical (unpaired) electrons. The maximum Gasteiger partial charge on any atom is 0.415 e. The predicted molar refractivity (Wildman–Crippen MR) is 79.3 cm³/mol. The number of ether oxygens (including phenoxy) is 1.